The maximum absolute atomic E-state index is 6.24. The molecule has 1 heterocycles. The highest BCUT2D eigenvalue weighted by Crippen LogP contribution is 2.27. The van der Waals surface area contributed by atoms with E-state index in [-0.39, 0.29) is 5.38 Å². The number of alkyl halides is 1. The third kappa shape index (κ3) is 2.86. The first kappa shape index (κ1) is 14.2. The first-order chi connectivity index (χ1) is 8.52. The molecule has 2 unspecified atom stereocenters. The van der Waals surface area contributed by atoms with Gasteiger partial charge in [0.25, 0.3) is 0 Å². The summed E-state index contributed by atoms with van der Waals surface area (Å²) in [6, 6.07) is 6.19. The molecule has 0 amide bonds. The summed E-state index contributed by atoms with van der Waals surface area (Å²) in [4.78, 5) is 4.65. The van der Waals surface area contributed by atoms with Crippen LogP contribution < -0.4 is 0 Å². The maximum atomic E-state index is 6.24. The molecule has 0 radical (unpaired) electrons. The Kier molecular flexibility index (Phi) is 4.62. The Morgan fingerprint density at radius 1 is 1.44 bits per heavy atom. The van der Waals surface area contributed by atoms with Crippen LogP contribution in [0.2, 0.25) is 0 Å². The number of benzene rings is 1. The Morgan fingerprint density at radius 3 is 2.78 bits per heavy atom. The van der Waals surface area contributed by atoms with Gasteiger partial charge in [-0.1, -0.05) is 22.9 Å². The lowest BCUT2D eigenvalue weighted by Gasteiger charge is -2.14. The molecule has 0 aliphatic carbocycles. The summed E-state index contributed by atoms with van der Waals surface area (Å²) in [5, 5.41) is 0.463. The van der Waals surface area contributed by atoms with Gasteiger partial charge in [-0.2, -0.15) is 11.8 Å². The number of aromatic nitrogens is 2. The first-order valence-electron chi connectivity index (χ1n) is 5.85. The lowest BCUT2D eigenvalue weighted by molar-refractivity contribution is 0.665. The van der Waals surface area contributed by atoms with Gasteiger partial charge in [-0.25, -0.2) is 4.98 Å². The quantitative estimate of drug-likeness (QED) is 0.736. The van der Waals surface area contributed by atoms with Gasteiger partial charge in [0.2, 0.25) is 0 Å². The van der Waals surface area contributed by atoms with Crippen molar-refractivity contribution < 1.29 is 0 Å². The largest absolute Gasteiger partial charge is 0.326 e. The van der Waals surface area contributed by atoms with Crippen LogP contribution >= 0.6 is 39.3 Å². The van der Waals surface area contributed by atoms with Crippen molar-refractivity contribution in [3.8, 4) is 0 Å². The molecule has 2 aromatic rings. The van der Waals surface area contributed by atoms with E-state index in [0.29, 0.717) is 5.25 Å². The monoisotopic (exact) mass is 346 g/mol. The van der Waals surface area contributed by atoms with Gasteiger partial charge < -0.3 is 4.57 Å². The van der Waals surface area contributed by atoms with Gasteiger partial charge in [-0.15, -0.1) is 11.6 Å². The standard InChI is InChI=1S/C13H16BrClN2S/c1-8(18-3)7-17-12-5-4-10(14)6-11(12)16-13(17)9(2)15/h4-6,8-9H,7H2,1-3H3. The number of halogens is 2. The van der Waals surface area contributed by atoms with E-state index in [1.807, 2.05) is 30.8 Å². The molecule has 0 saturated heterocycles. The number of rotatable bonds is 4. The van der Waals surface area contributed by atoms with E-state index in [9.17, 15) is 0 Å². The predicted molar refractivity (Wildman–Crippen MR) is 84.7 cm³/mol. The van der Waals surface area contributed by atoms with Crippen LogP contribution in [0.5, 0.6) is 0 Å². The van der Waals surface area contributed by atoms with Gasteiger partial charge in [0.1, 0.15) is 5.82 Å². The summed E-state index contributed by atoms with van der Waals surface area (Å²) in [5.74, 6) is 0.950. The average Bonchev–Trinajstić information content (AvgIpc) is 2.67. The van der Waals surface area contributed by atoms with E-state index in [0.717, 1.165) is 27.9 Å². The highest BCUT2D eigenvalue weighted by molar-refractivity contribution is 9.10. The van der Waals surface area contributed by atoms with Gasteiger partial charge in [0, 0.05) is 16.3 Å². The summed E-state index contributed by atoms with van der Waals surface area (Å²) in [5.41, 5.74) is 2.15. The zero-order valence-corrected chi connectivity index (χ0v) is 13.8. The van der Waals surface area contributed by atoms with E-state index in [4.69, 9.17) is 11.6 Å². The van der Waals surface area contributed by atoms with E-state index >= 15 is 0 Å². The third-order valence-electron chi connectivity index (χ3n) is 2.94. The molecule has 18 heavy (non-hydrogen) atoms. The zero-order valence-electron chi connectivity index (χ0n) is 10.7. The molecule has 2 atom stereocenters. The van der Waals surface area contributed by atoms with Crippen molar-refractivity contribution in [1.29, 1.82) is 0 Å². The van der Waals surface area contributed by atoms with Gasteiger partial charge in [-0.05, 0) is 31.4 Å². The molecule has 1 aromatic heterocycles. The molecule has 5 heteroatoms. The summed E-state index contributed by atoms with van der Waals surface area (Å²) in [7, 11) is 0. The summed E-state index contributed by atoms with van der Waals surface area (Å²) < 4.78 is 3.28. The lowest BCUT2D eigenvalue weighted by Crippen LogP contribution is -2.12. The third-order valence-corrected chi connectivity index (χ3v) is 4.58. The van der Waals surface area contributed by atoms with Crippen molar-refractivity contribution in [2.45, 2.75) is 31.0 Å². The second-order valence-corrected chi connectivity index (χ2v) is 7.22. The van der Waals surface area contributed by atoms with Crippen molar-refractivity contribution in [2.24, 2.45) is 0 Å². The van der Waals surface area contributed by atoms with Crippen LogP contribution in [-0.2, 0) is 6.54 Å². The average molecular weight is 348 g/mol. The summed E-state index contributed by atoms with van der Waals surface area (Å²) in [6.07, 6.45) is 2.13. The molecule has 0 bridgehead atoms. The number of thioether (sulfide) groups is 1. The Morgan fingerprint density at radius 2 is 2.17 bits per heavy atom. The molecule has 0 N–H and O–H groups in total. The number of nitrogens with zero attached hydrogens (tertiary/aromatic N) is 2. The molecule has 0 spiro atoms. The molecular weight excluding hydrogens is 332 g/mol. The van der Waals surface area contributed by atoms with Crippen LogP contribution in [-0.4, -0.2) is 21.1 Å². The Bertz CT molecular complexity index is 553. The van der Waals surface area contributed by atoms with E-state index in [2.05, 4.69) is 44.7 Å². The van der Waals surface area contributed by atoms with Crippen LogP contribution in [0.15, 0.2) is 22.7 Å². The fraction of sp³-hybridized carbons (Fsp3) is 0.462. The molecule has 0 aliphatic rings. The van der Waals surface area contributed by atoms with Gasteiger partial charge in [0.05, 0.1) is 16.4 Å². The van der Waals surface area contributed by atoms with Crippen molar-refractivity contribution in [2.75, 3.05) is 6.26 Å². The summed E-state index contributed by atoms with van der Waals surface area (Å²) >= 11 is 11.6. The van der Waals surface area contributed by atoms with Crippen LogP contribution in [0.1, 0.15) is 25.0 Å². The minimum atomic E-state index is -0.0785. The van der Waals surface area contributed by atoms with Gasteiger partial charge in [-0.3, -0.25) is 0 Å². The molecule has 98 valence electrons. The summed E-state index contributed by atoms with van der Waals surface area (Å²) in [6.45, 7) is 5.13. The highest BCUT2D eigenvalue weighted by Gasteiger charge is 2.16. The molecule has 0 saturated carbocycles. The zero-order chi connectivity index (χ0) is 13.3. The minimum Gasteiger partial charge on any atom is -0.326 e. The van der Waals surface area contributed by atoms with Crippen molar-refractivity contribution in [3.63, 3.8) is 0 Å². The Labute approximate surface area is 125 Å². The smallest absolute Gasteiger partial charge is 0.127 e. The lowest BCUT2D eigenvalue weighted by atomic mass is 10.3. The topological polar surface area (TPSA) is 17.8 Å². The molecule has 0 aliphatic heterocycles. The maximum Gasteiger partial charge on any atom is 0.127 e. The van der Waals surface area contributed by atoms with E-state index < -0.39 is 0 Å². The second kappa shape index (κ2) is 5.85. The van der Waals surface area contributed by atoms with Crippen molar-refractivity contribution in [3.05, 3.63) is 28.5 Å². The Hall–Kier alpha value is -0.190. The number of imidazole rings is 1. The Balaban J connectivity index is 2.55. The first-order valence-corrected chi connectivity index (χ1v) is 8.37. The van der Waals surface area contributed by atoms with Crippen LogP contribution in [0.3, 0.4) is 0 Å². The highest BCUT2D eigenvalue weighted by atomic mass is 79.9. The van der Waals surface area contributed by atoms with Gasteiger partial charge >= 0.3 is 0 Å². The molecule has 1 aromatic carbocycles. The van der Waals surface area contributed by atoms with Crippen LogP contribution in [0.25, 0.3) is 11.0 Å². The van der Waals surface area contributed by atoms with Crippen LogP contribution in [0.4, 0.5) is 0 Å². The fourth-order valence-electron chi connectivity index (χ4n) is 1.95. The van der Waals surface area contributed by atoms with Gasteiger partial charge in [0.15, 0.2) is 0 Å². The number of fused-ring (bicyclic) bond motifs is 1. The fourth-order valence-corrected chi connectivity index (χ4v) is 2.76. The number of hydrogen-bond donors (Lipinski definition) is 0. The molecule has 2 nitrogen and oxygen atoms in total. The number of hydrogen-bond acceptors (Lipinski definition) is 2. The normalized spacial score (nSPS) is 14.9. The second-order valence-electron chi connectivity index (χ2n) is 4.38. The predicted octanol–water partition coefficient (Wildman–Crippen LogP) is 4.85. The SMILES string of the molecule is CSC(C)Cn1c(C(C)Cl)nc2cc(Br)ccc21. The van der Waals surface area contributed by atoms with Crippen molar-refractivity contribution >= 4 is 50.3 Å². The molecular formula is C13H16BrClN2S. The van der Waals surface area contributed by atoms with E-state index in [1.54, 1.807) is 0 Å². The molecule has 2 rings (SSSR count). The van der Waals surface area contributed by atoms with Crippen LogP contribution in [0, 0.1) is 0 Å². The van der Waals surface area contributed by atoms with Crippen molar-refractivity contribution in [1.82, 2.24) is 9.55 Å². The van der Waals surface area contributed by atoms with E-state index in [1.165, 1.54) is 0 Å². The minimum absolute atomic E-state index is 0.0785. The molecule has 0 fully saturated rings.